The standard InChI is InChI=1S/C17H19N3/c1-2-20-14(11-13-7-3-6-10-17(13)20)12-19-16-9-5-4-8-15(16)18/h2,4-5,8-9,11-12H,1,3,6-7,10,18H2. The predicted octanol–water partition coefficient (Wildman–Crippen LogP) is 3.80. The normalized spacial score (nSPS) is 14.4. The third-order valence-electron chi connectivity index (χ3n) is 3.83. The Morgan fingerprint density at radius 1 is 1.20 bits per heavy atom. The van der Waals surface area contributed by atoms with Gasteiger partial charge in [0.05, 0.1) is 23.3 Å². The molecule has 102 valence electrons. The van der Waals surface area contributed by atoms with Crippen LogP contribution in [0.1, 0.15) is 29.8 Å². The molecule has 1 aliphatic rings. The summed E-state index contributed by atoms with van der Waals surface area (Å²) in [5, 5.41) is 0. The van der Waals surface area contributed by atoms with E-state index in [0.717, 1.165) is 24.2 Å². The zero-order valence-electron chi connectivity index (χ0n) is 11.5. The molecule has 0 amide bonds. The molecule has 0 bridgehead atoms. The molecular formula is C17H19N3. The van der Waals surface area contributed by atoms with Crippen molar-refractivity contribution >= 4 is 23.8 Å². The van der Waals surface area contributed by atoms with Gasteiger partial charge in [0.1, 0.15) is 0 Å². The lowest BCUT2D eigenvalue weighted by Crippen LogP contribution is -2.05. The Bertz CT molecular complexity index is 665. The molecule has 1 heterocycles. The number of anilines is 1. The smallest absolute Gasteiger partial charge is 0.0859 e. The van der Waals surface area contributed by atoms with Crippen molar-refractivity contribution in [2.45, 2.75) is 25.7 Å². The van der Waals surface area contributed by atoms with E-state index in [9.17, 15) is 0 Å². The van der Waals surface area contributed by atoms with E-state index in [-0.39, 0.29) is 0 Å². The van der Waals surface area contributed by atoms with Crippen molar-refractivity contribution in [1.29, 1.82) is 0 Å². The van der Waals surface area contributed by atoms with Crippen LogP contribution in [-0.4, -0.2) is 10.8 Å². The van der Waals surface area contributed by atoms with E-state index < -0.39 is 0 Å². The van der Waals surface area contributed by atoms with Crippen LogP contribution in [-0.2, 0) is 12.8 Å². The molecule has 0 atom stereocenters. The van der Waals surface area contributed by atoms with Crippen LogP contribution in [0.3, 0.4) is 0 Å². The van der Waals surface area contributed by atoms with Crippen molar-refractivity contribution in [3.8, 4) is 0 Å². The van der Waals surface area contributed by atoms with E-state index >= 15 is 0 Å². The lowest BCUT2D eigenvalue weighted by molar-refractivity contribution is 0.667. The minimum atomic E-state index is 0.699. The average Bonchev–Trinajstić information content (AvgIpc) is 2.84. The van der Waals surface area contributed by atoms with E-state index in [1.165, 1.54) is 24.1 Å². The van der Waals surface area contributed by atoms with Crippen LogP contribution in [0.15, 0.2) is 41.9 Å². The number of aliphatic imine (C=N–C) groups is 1. The summed E-state index contributed by atoms with van der Waals surface area (Å²) in [6.45, 7) is 3.92. The fourth-order valence-electron chi connectivity index (χ4n) is 2.80. The van der Waals surface area contributed by atoms with Gasteiger partial charge in [-0.15, -0.1) is 0 Å². The number of para-hydroxylation sites is 2. The Morgan fingerprint density at radius 3 is 2.80 bits per heavy atom. The summed E-state index contributed by atoms with van der Waals surface area (Å²) in [5.41, 5.74) is 11.3. The summed E-state index contributed by atoms with van der Waals surface area (Å²) in [6, 6.07) is 9.87. The Morgan fingerprint density at radius 2 is 2.00 bits per heavy atom. The average molecular weight is 265 g/mol. The van der Waals surface area contributed by atoms with Gasteiger partial charge >= 0.3 is 0 Å². The molecule has 2 N–H and O–H groups in total. The van der Waals surface area contributed by atoms with Gasteiger partial charge in [0.2, 0.25) is 0 Å². The van der Waals surface area contributed by atoms with E-state index in [1.807, 2.05) is 36.7 Å². The third-order valence-corrected chi connectivity index (χ3v) is 3.83. The number of aromatic nitrogens is 1. The Balaban J connectivity index is 1.97. The fraction of sp³-hybridized carbons (Fsp3) is 0.235. The highest BCUT2D eigenvalue weighted by molar-refractivity contribution is 5.84. The molecule has 0 unspecified atom stereocenters. The first-order chi connectivity index (χ1) is 9.79. The fourth-order valence-corrected chi connectivity index (χ4v) is 2.80. The van der Waals surface area contributed by atoms with E-state index in [4.69, 9.17) is 5.73 Å². The minimum Gasteiger partial charge on any atom is -0.397 e. The van der Waals surface area contributed by atoms with Crippen molar-refractivity contribution in [3.05, 3.63) is 53.9 Å². The van der Waals surface area contributed by atoms with Crippen LogP contribution in [0.4, 0.5) is 11.4 Å². The van der Waals surface area contributed by atoms with Gasteiger partial charge in [-0.3, -0.25) is 4.99 Å². The van der Waals surface area contributed by atoms with E-state index in [2.05, 4.69) is 22.2 Å². The van der Waals surface area contributed by atoms with E-state index in [0.29, 0.717) is 5.69 Å². The molecule has 0 radical (unpaired) electrons. The number of hydrogen-bond donors (Lipinski definition) is 1. The van der Waals surface area contributed by atoms with Crippen molar-refractivity contribution in [2.75, 3.05) is 5.73 Å². The summed E-state index contributed by atoms with van der Waals surface area (Å²) < 4.78 is 2.15. The van der Waals surface area contributed by atoms with Crippen LogP contribution >= 0.6 is 0 Å². The maximum Gasteiger partial charge on any atom is 0.0859 e. The molecule has 3 heteroatoms. The number of hydrogen-bond acceptors (Lipinski definition) is 2. The topological polar surface area (TPSA) is 43.3 Å². The van der Waals surface area contributed by atoms with Crippen molar-refractivity contribution < 1.29 is 0 Å². The van der Waals surface area contributed by atoms with Gasteiger partial charge in [-0.05, 0) is 49.4 Å². The maximum atomic E-state index is 5.91. The van der Waals surface area contributed by atoms with Gasteiger partial charge in [0.15, 0.2) is 0 Å². The molecule has 0 aliphatic heterocycles. The lowest BCUT2D eigenvalue weighted by atomic mass is 9.98. The Labute approximate surface area is 119 Å². The molecule has 0 fully saturated rings. The second kappa shape index (κ2) is 5.37. The van der Waals surface area contributed by atoms with Gasteiger partial charge in [-0.25, -0.2) is 0 Å². The first-order valence-corrected chi connectivity index (χ1v) is 7.03. The highest BCUT2D eigenvalue weighted by Crippen LogP contribution is 2.26. The second-order valence-corrected chi connectivity index (χ2v) is 5.12. The summed E-state index contributed by atoms with van der Waals surface area (Å²) in [7, 11) is 0. The zero-order valence-corrected chi connectivity index (χ0v) is 11.5. The molecule has 0 saturated heterocycles. The molecule has 1 aromatic heterocycles. The molecule has 3 nitrogen and oxygen atoms in total. The SMILES string of the molecule is C=Cn1c(C=Nc2ccccc2N)cc2c1CCCC2. The number of rotatable bonds is 3. The quantitative estimate of drug-likeness (QED) is 0.665. The number of nitrogens with zero attached hydrogens (tertiary/aromatic N) is 2. The van der Waals surface area contributed by atoms with Crippen LogP contribution in [0.5, 0.6) is 0 Å². The summed E-state index contributed by atoms with van der Waals surface area (Å²) in [6.07, 6.45) is 8.57. The summed E-state index contributed by atoms with van der Waals surface area (Å²) in [4.78, 5) is 4.51. The molecule has 1 aromatic carbocycles. The van der Waals surface area contributed by atoms with Gasteiger partial charge < -0.3 is 10.3 Å². The Hall–Kier alpha value is -2.29. The number of aryl methyl sites for hydroxylation is 1. The molecule has 2 aromatic rings. The van der Waals surface area contributed by atoms with Gasteiger partial charge in [-0.2, -0.15) is 0 Å². The van der Waals surface area contributed by atoms with Crippen molar-refractivity contribution in [2.24, 2.45) is 4.99 Å². The third kappa shape index (κ3) is 2.27. The second-order valence-electron chi connectivity index (χ2n) is 5.12. The Kier molecular flexibility index (Phi) is 3.42. The molecule has 3 rings (SSSR count). The molecular weight excluding hydrogens is 246 g/mol. The molecule has 0 spiro atoms. The largest absolute Gasteiger partial charge is 0.397 e. The van der Waals surface area contributed by atoms with Crippen molar-refractivity contribution in [1.82, 2.24) is 4.57 Å². The number of fused-ring (bicyclic) bond motifs is 1. The number of benzene rings is 1. The van der Waals surface area contributed by atoms with Crippen LogP contribution < -0.4 is 5.73 Å². The monoisotopic (exact) mass is 265 g/mol. The predicted molar refractivity (Wildman–Crippen MR) is 85.6 cm³/mol. The zero-order chi connectivity index (χ0) is 13.9. The van der Waals surface area contributed by atoms with Crippen LogP contribution in [0.25, 0.3) is 6.20 Å². The van der Waals surface area contributed by atoms with Gasteiger partial charge in [0, 0.05) is 11.9 Å². The maximum absolute atomic E-state index is 5.91. The molecule has 20 heavy (non-hydrogen) atoms. The highest BCUT2D eigenvalue weighted by Gasteiger charge is 2.15. The van der Waals surface area contributed by atoms with E-state index in [1.54, 1.807) is 0 Å². The molecule has 1 aliphatic carbocycles. The number of nitrogen functional groups attached to an aromatic ring is 1. The highest BCUT2D eigenvalue weighted by atomic mass is 15.0. The molecule has 0 saturated carbocycles. The lowest BCUT2D eigenvalue weighted by Gasteiger charge is -2.13. The van der Waals surface area contributed by atoms with Crippen molar-refractivity contribution in [3.63, 3.8) is 0 Å². The first-order valence-electron chi connectivity index (χ1n) is 7.03. The summed E-state index contributed by atoms with van der Waals surface area (Å²) in [5.74, 6) is 0. The number of nitrogens with two attached hydrogens (primary N) is 1. The van der Waals surface area contributed by atoms with Crippen LogP contribution in [0.2, 0.25) is 0 Å². The summed E-state index contributed by atoms with van der Waals surface area (Å²) >= 11 is 0. The first kappa shape index (κ1) is 12.7. The minimum absolute atomic E-state index is 0.699. The van der Waals surface area contributed by atoms with Gasteiger partial charge in [-0.1, -0.05) is 18.7 Å². The van der Waals surface area contributed by atoms with Crippen LogP contribution in [0, 0.1) is 0 Å². The van der Waals surface area contributed by atoms with Gasteiger partial charge in [0.25, 0.3) is 0 Å².